The maximum atomic E-state index is 12.4. The normalized spacial score (nSPS) is 13.4. The van der Waals surface area contributed by atoms with E-state index in [2.05, 4.69) is 10.4 Å². The molecule has 4 rings (SSSR count). The van der Waals surface area contributed by atoms with Crippen molar-refractivity contribution in [2.45, 2.75) is 12.8 Å². The Balaban J connectivity index is 1.52. The van der Waals surface area contributed by atoms with Crippen LogP contribution in [0.5, 0.6) is 5.75 Å². The van der Waals surface area contributed by atoms with Crippen LogP contribution in [0, 0.1) is 0 Å². The number of nitrogens with one attached hydrogen (secondary N) is 2. The highest BCUT2D eigenvalue weighted by Gasteiger charge is 2.16. The van der Waals surface area contributed by atoms with E-state index in [-0.39, 0.29) is 24.0 Å². The van der Waals surface area contributed by atoms with Crippen LogP contribution in [0.2, 0.25) is 0 Å². The van der Waals surface area contributed by atoms with Crippen LogP contribution in [0.25, 0.3) is 10.9 Å². The summed E-state index contributed by atoms with van der Waals surface area (Å²) in [6.45, 7) is -0.209. The quantitative estimate of drug-likeness (QED) is 0.764. The third-order valence-corrected chi connectivity index (χ3v) is 4.19. The third kappa shape index (κ3) is 2.80. The Morgan fingerprint density at radius 2 is 1.96 bits per heavy atom. The van der Waals surface area contributed by atoms with Gasteiger partial charge in [0.1, 0.15) is 5.75 Å². The number of aromatic nitrogens is 2. The average molecular weight is 337 g/mol. The Hall–Kier alpha value is -3.35. The highest BCUT2D eigenvalue weighted by molar-refractivity contribution is 5.94. The molecule has 1 amide bonds. The lowest BCUT2D eigenvalue weighted by Crippen LogP contribution is -2.22. The molecule has 7 nitrogen and oxygen atoms in total. The zero-order valence-corrected chi connectivity index (χ0v) is 13.2. The third-order valence-electron chi connectivity index (χ3n) is 4.19. The fourth-order valence-corrected chi connectivity index (χ4v) is 2.94. The fourth-order valence-electron chi connectivity index (χ4n) is 2.94. The molecule has 25 heavy (non-hydrogen) atoms. The van der Waals surface area contributed by atoms with Crippen molar-refractivity contribution in [2.24, 2.45) is 0 Å². The van der Waals surface area contributed by atoms with E-state index in [1.54, 1.807) is 36.4 Å². The zero-order chi connectivity index (χ0) is 17.4. The van der Waals surface area contributed by atoms with E-state index in [4.69, 9.17) is 4.74 Å². The van der Waals surface area contributed by atoms with Gasteiger partial charge in [-0.3, -0.25) is 19.5 Å². The summed E-state index contributed by atoms with van der Waals surface area (Å²) in [6.07, 6.45) is 1.08. The van der Waals surface area contributed by atoms with Crippen molar-refractivity contribution in [3.8, 4) is 5.75 Å². The number of fused-ring (bicyclic) bond motifs is 2. The molecule has 126 valence electrons. The number of anilines is 1. The number of nitrogens with zero attached hydrogens (tertiary/aromatic N) is 1. The van der Waals surface area contributed by atoms with Gasteiger partial charge in [0, 0.05) is 12.1 Å². The van der Waals surface area contributed by atoms with E-state index in [9.17, 15) is 14.4 Å². The molecule has 0 fully saturated rings. The highest BCUT2D eigenvalue weighted by atomic mass is 16.5. The first-order valence-electron chi connectivity index (χ1n) is 7.90. The summed E-state index contributed by atoms with van der Waals surface area (Å²) in [4.78, 5) is 35.6. The van der Waals surface area contributed by atoms with Crippen LogP contribution in [-0.4, -0.2) is 28.2 Å². The number of hydrogen-bond acceptors (Lipinski definition) is 4. The summed E-state index contributed by atoms with van der Waals surface area (Å²) in [5.41, 5.74) is 1.96. The summed E-state index contributed by atoms with van der Waals surface area (Å²) in [5, 5.41) is 5.78. The first-order chi connectivity index (χ1) is 12.1. The molecule has 7 heteroatoms. The van der Waals surface area contributed by atoms with Crippen molar-refractivity contribution in [1.82, 2.24) is 9.78 Å². The summed E-state index contributed by atoms with van der Waals surface area (Å²) < 4.78 is 6.77. The molecular weight excluding hydrogens is 322 g/mol. The predicted octanol–water partition coefficient (Wildman–Crippen LogP) is 1.93. The van der Waals surface area contributed by atoms with Crippen LogP contribution in [-0.2, 0) is 11.2 Å². The lowest BCUT2D eigenvalue weighted by atomic mass is 10.0. The molecule has 2 N–H and O–H groups in total. The van der Waals surface area contributed by atoms with Crippen molar-refractivity contribution in [3.63, 3.8) is 0 Å². The summed E-state index contributed by atoms with van der Waals surface area (Å²) >= 11 is 0. The van der Waals surface area contributed by atoms with Gasteiger partial charge in [0.15, 0.2) is 6.61 Å². The maximum Gasteiger partial charge on any atom is 0.283 e. The predicted molar refractivity (Wildman–Crippen MR) is 92.1 cm³/mol. The fraction of sp³-hybridized carbons (Fsp3) is 0.167. The largest absolute Gasteiger partial charge is 0.484 e. The van der Waals surface area contributed by atoms with Gasteiger partial charge in [0.05, 0.1) is 10.9 Å². The van der Waals surface area contributed by atoms with E-state index in [1.165, 1.54) is 4.68 Å². The van der Waals surface area contributed by atoms with Gasteiger partial charge in [0.25, 0.3) is 11.5 Å². The van der Waals surface area contributed by atoms with Crippen molar-refractivity contribution >= 4 is 28.4 Å². The lowest BCUT2D eigenvalue weighted by Gasteiger charge is -2.17. The first kappa shape index (κ1) is 15.2. The van der Waals surface area contributed by atoms with E-state index >= 15 is 0 Å². The maximum absolute atomic E-state index is 12.4. The Bertz CT molecular complexity index is 1050. The molecule has 1 aliphatic heterocycles. The molecule has 2 heterocycles. The second-order valence-electron chi connectivity index (χ2n) is 5.84. The number of amides is 1. The minimum Gasteiger partial charge on any atom is -0.484 e. The van der Waals surface area contributed by atoms with Crippen molar-refractivity contribution in [1.29, 1.82) is 0 Å². The summed E-state index contributed by atoms with van der Waals surface area (Å²) in [6, 6.07) is 12.2. The summed E-state index contributed by atoms with van der Waals surface area (Å²) in [5.74, 6) is 0.172. The van der Waals surface area contributed by atoms with E-state index < -0.39 is 0 Å². The topological polar surface area (TPSA) is 93.2 Å². The molecule has 0 spiro atoms. The molecule has 1 aliphatic rings. The van der Waals surface area contributed by atoms with Gasteiger partial charge < -0.3 is 10.1 Å². The van der Waals surface area contributed by atoms with E-state index in [0.717, 1.165) is 11.3 Å². The Kier molecular flexibility index (Phi) is 3.61. The number of rotatable bonds is 3. The molecule has 0 unspecified atom stereocenters. The standard InChI is InChI=1S/C18H15N3O4/c22-16-8-5-11-9-12(6-7-14(11)19-16)25-10-17(23)21-15-4-2-1-3-13(15)18(24)20-21/h1-4,6-7,9H,5,8,10H2,(H,19,22)(H,20,24). The smallest absolute Gasteiger partial charge is 0.283 e. The van der Waals surface area contributed by atoms with E-state index in [1.807, 2.05) is 6.07 Å². The van der Waals surface area contributed by atoms with Crippen molar-refractivity contribution in [2.75, 3.05) is 11.9 Å². The molecule has 0 atom stereocenters. The molecule has 0 radical (unpaired) electrons. The number of carbonyl (C=O) groups excluding carboxylic acids is 2. The van der Waals surface area contributed by atoms with Crippen molar-refractivity contribution < 1.29 is 14.3 Å². The molecular formula is C18H15N3O4. The first-order valence-corrected chi connectivity index (χ1v) is 7.90. The number of aromatic amines is 1. The minimum atomic E-state index is -0.371. The number of ether oxygens (including phenoxy) is 1. The van der Waals surface area contributed by atoms with Crippen LogP contribution < -0.4 is 15.6 Å². The number of para-hydroxylation sites is 1. The van der Waals surface area contributed by atoms with Gasteiger partial charge in [-0.25, -0.2) is 4.68 Å². The molecule has 0 saturated heterocycles. The molecule has 0 bridgehead atoms. The lowest BCUT2D eigenvalue weighted by molar-refractivity contribution is -0.116. The van der Waals surface area contributed by atoms with Crippen LogP contribution in [0.3, 0.4) is 0 Å². The highest BCUT2D eigenvalue weighted by Crippen LogP contribution is 2.26. The Morgan fingerprint density at radius 1 is 1.12 bits per heavy atom. The van der Waals surface area contributed by atoms with Crippen LogP contribution in [0.15, 0.2) is 47.3 Å². The van der Waals surface area contributed by atoms with Gasteiger partial charge in [0.2, 0.25) is 5.91 Å². The second kappa shape index (κ2) is 5.94. The SMILES string of the molecule is O=C1CCc2cc(OCC(=O)n3[nH]c(=O)c4ccccc43)ccc2N1. The number of H-pyrrole nitrogens is 1. The Labute approximate surface area is 142 Å². The molecule has 1 aromatic heterocycles. The van der Waals surface area contributed by atoms with E-state index in [0.29, 0.717) is 29.5 Å². The molecule has 0 aliphatic carbocycles. The number of aryl methyl sites for hydroxylation is 1. The molecule has 3 aromatic rings. The van der Waals surface area contributed by atoms with Crippen LogP contribution >= 0.6 is 0 Å². The minimum absolute atomic E-state index is 0.000198. The molecule has 0 saturated carbocycles. The van der Waals surface area contributed by atoms with Gasteiger partial charge >= 0.3 is 0 Å². The summed E-state index contributed by atoms with van der Waals surface area (Å²) in [7, 11) is 0. The number of hydrogen-bond donors (Lipinski definition) is 2. The van der Waals surface area contributed by atoms with Gasteiger partial charge in [-0.2, -0.15) is 0 Å². The monoisotopic (exact) mass is 337 g/mol. The number of benzene rings is 2. The van der Waals surface area contributed by atoms with Gasteiger partial charge in [-0.15, -0.1) is 0 Å². The number of carbonyl (C=O) groups is 2. The van der Waals surface area contributed by atoms with Gasteiger partial charge in [-0.05, 0) is 42.3 Å². The second-order valence-corrected chi connectivity index (χ2v) is 5.84. The molecule has 2 aromatic carbocycles. The zero-order valence-electron chi connectivity index (χ0n) is 13.2. The van der Waals surface area contributed by atoms with Crippen LogP contribution in [0.1, 0.15) is 16.8 Å². The van der Waals surface area contributed by atoms with Gasteiger partial charge in [-0.1, -0.05) is 12.1 Å². The Morgan fingerprint density at radius 3 is 2.84 bits per heavy atom. The average Bonchev–Trinajstić information content (AvgIpc) is 2.97. The van der Waals surface area contributed by atoms with Crippen molar-refractivity contribution in [3.05, 3.63) is 58.4 Å². The van der Waals surface area contributed by atoms with Crippen LogP contribution in [0.4, 0.5) is 5.69 Å².